The Labute approximate surface area is 97.2 Å². The van der Waals surface area contributed by atoms with E-state index in [2.05, 4.69) is 11.9 Å². The lowest BCUT2D eigenvalue weighted by Crippen LogP contribution is -2.43. The summed E-state index contributed by atoms with van der Waals surface area (Å²) in [7, 11) is 2.10. The topological polar surface area (TPSA) is 52.9 Å². The summed E-state index contributed by atoms with van der Waals surface area (Å²) in [5, 5.41) is 18.7. The van der Waals surface area contributed by atoms with Crippen LogP contribution in [0, 0.1) is 11.3 Å². The molecule has 2 N–H and O–H groups in total. The van der Waals surface area contributed by atoms with Crippen LogP contribution < -0.4 is 0 Å². The number of hydrogen-bond acceptors (Lipinski definition) is 4. The molecule has 0 aromatic carbocycles. The maximum Gasteiger partial charge on any atom is 0.0557 e. The fraction of sp³-hybridized carbons (Fsp3) is 1.00. The van der Waals surface area contributed by atoms with Crippen LogP contribution in [0.3, 0.4) is 0 Å². The van der Waals surface area contributed by atoms with E-state index in [1.807, 2.05) is 0 Å². The predicted octanol–water partition coefficient (Wildman–Crippen LogP) is 0.0881. The van der Waals surface area contributed by atoms with E-state index in [9.17, 15) is 10.2 Å². The van der Waals surface area contributed by atoms with Crippen molar-refractivity contribution < 1.29 is 14.9 Å². The van der Waals surface area contributed by atoms with E-state index in [0.717, 1.165) is 39.0 Å². The first-order valence-corrected chi connectivity index (χ1v) is 6.19. The molecule has 1 saturated heterocycles. The van der Waals surface area contributed by atoms with Crippen molar-refractivity contribution in [3.63, 3.8) is 0 Å². The number of hydrogen-bond donors (Lipinski definition) is 2. The summed E-state index contributed by atoms with van der Waals surface area (Å²) in [5.74, 6) is 0.637. The Balaban J connectivity index is 1.75. The summed E-state index contributed by atoms with van der Waals surface area (Å²) in [4.78, 5) is 2.28. The average molecular weight is 229 g/mol. The van der Waals surface area contributed by atoms with Gasteiger partial charge in [0, 0.05) is 25.1 Å². The molecule has 1 atom stereocenters. The van der Waals surface area contributed by atoms with Crippen molar-refractivity contribution in [1.29, 1.82) is 0 Å². The van der Waals surface area contributed by atoms with Crippen LogP contribution in [0.25, 0.3) is 0 Å². The first kappa shape index (κ1) is 12.3. The monoisotopic (exact) mass is 229 g/mol. The Kier molecular flexibility index (Phi) is 3.85. The van der Waals surface area contributed by atoms with Gasteiger partial charge in [0.05, 0.1) is 19.3 Å². The summed E-state index contributed by atoms with van der Waals surface area (Å²) < 4.78 is 5.39. The minimum Gasteiger partial charge on any atom is -0.396 e. The first-order valence-electron chi connectivity index (χ1n) is 6.19. The van der Waals surface area contributed by atoms with E-state index in [4.69, 9.17) is 4.74 Å². The van der Waals surface area contributed by atoms with Crippen LogP contribution >= 0.6 is 0 Å². The van der Waals surface area contributed by atoms with Gasteiger partial charge in [0.25, 0.3) is 0 Å². The lowest BCUT2D eigenvalue weighted by atomic mass is 9.81. The molecule has 0 bridgehead atoms. The van der Waals surface area contributed by atoms with E-state index >= 15 is 0 Å². The average Bonchev–Trinajstić information content (AvgIpc) is 2.65. The smallest absolute Gasteiger partial charge is 0.0557 e. The molecule has 4 heteroatoms. The van der Waals surface area contributed by atoms with E-state index in [0.29, 0.717) is 12.5 Å². The largest absolute Gasteiger partial charge is 0.396 e. The van der Waals surface area contributed by atoms with Crippen molar-refractivity contribution in [1.82, 2.24) is 4.90 Å². The van der Waals surface area contributed by atoms with Crippen molar-refractivity contribution in [2.75, 3.05) is 40.0 Å². The lowest BCUT2D eigenvalue weighted by Gasteiger charge is -2.37. The van der Waals surface area contributed by atoms with Gasteiger partial charge < -0.3 is 19.8 Å². The zero-order valence-corrected chi connectivity index (χ0v) is 10.1. The van der Waals surface area contributed by atoms with Crippen LogP contribution in [0.2, 0.25) is 0 Å². The highest BCUT2D eigenvalue weighted by atomic mass is 16.5. The third kappa shape index (κ3) is 2.74. The second-order valence-electron chi connectivity index (χ2n) is 5.65. The molecule has 94 valence electrons. The molecule has 2 rings (SSSR count). The van der Waals surface area contributed by atoms with Gasteiger partial charge >= 0.3 is 0 Å². The Morgan fingerprint density at radius 2 is 2.19 bits per heavy atom. The molecular formula is C12H23NO3. The molecule has 0 radical (unpaired) electrons. The van der Waals surface area contributed by atoms with Gasteiger partial charge in [-0.05, 0) is 32.2 Å². The fourth-order valence-corrected chi connectivity index (χ4v) is 2.88. The zero-order chi connectivity index (χ0) is 11.6. The van der Waals surface area contributed by atoms with Gasteiger partial charge in [-0.15, -0.1) is 0 Å². The van der Waals surface area contributed by atoms with E-state index in [1.165, 1.54) is 0 Å². The number of aliphatic hydroxyl groups is 2. The molecule has 1 aliphatic heterocycles. The van der Waals surface area contributed by atoms with Gasteiger partial charge in [0.15, 0.2) is 0 Å². The normalized spacial score (nSPS) is 39.0. The highest BCUT2D eigenvalue weighted by Crippen LogP contribution is 2.31. The Bertz CT molecular complexity index is 222. The molecule has 0 spiro atoms. The SMILES string of the molecule is CN(CC1CC(O)C1)CC1(CO)CCOC1. The van der Waals surface area contributed by atoms with Gasteiger partial charge in [-0.3, -0.25) is 0 Å². The van der Waals surface area contributed by atoms with Crippen molar-refractivity contribution >= 4 is 0 Å². The Morgan fingerprint density at radius 1 is 1.44 bits per heavy atom. The summed E-state index contributed by atoms with van der Waals surface area (Å²) in [5.41, 5.74) is -0.0445. The summed E-state index contributed by atoms with van der Waals surface area (Å²) in [6, 6.07) is 0. The molecule has 0 aromatic heterocycles. The van der Waals surface area contributed by atoms with Gasteiger partial charge in [-0.1, -0.05) is 0 Å². The van der Waals surface area contributed by atoms with Crippen molar-refractivity contribution in [2.45, 2.75) is 25.4 Å². The van der Waals surface area contributed by atoms with Crippen molar-refractivity contribution in [3.05, 3.63) is 0 Å². The highest BCUT2D eigenvalue weighted by Gasteiger charge is 2.36. The molecule has 1 saturated carbocycles. The summed E-state index contributed by atoms with van der Waals surface area (Å²) >= 11 is 0. The van der Waals surface area contributed by atoms with E-state index < -0.39 is 0 Å². The number of ether oxygens (including phenoxy) is 1. The van der Waals surface area contributed by atoms with Crippen LogP contribution in [-0.4, -0.2) is 61.2 Å². The number of aliphatic hydroxyl groups excluding tert-OH is 2. The molecule has 1 heterocycles. The fourth-order valence-electron chi connectivity index (χ4n) is 2.88. The molecule has 16 heavy (non-hydrogen) atoms. The van der Waals surface area contributed by atoms with Crippen molar-refractivity contribution in [3.8, 4) is 0 Å². The van der Waals surface area contributed by atoms with Gasteiger partial charge in [-0.25, -0.2) is 0 Å². The lowest BCUT2D eigenvalue weighted by molar-refractivity contribution is 0.0125. The quantitative estimate of drug-likeness (QED) is 0.701. The van der Waals surface area contributed by atoms with Crippen LogP contribution in [0.15, 0.2) is 0 Å². The van der Waals surface area contributed by atoms with E-state index in [-0.39, 0.29) is 18.1 Å². The minimum absolute atomic E-state index is 0.0445. The summed E-state index contributed by atoms with van der Waals surface area (Å²) in [6.45, 7) is 3.59. The van der Waals surface area contributed by atoms with Crippen LogP contribution in [-0.2, 0) is 4.74 Å². The van der Waals surface area contributed by atoms with Crippen LogP contribution in [0.4, 0.5) is 0 Å². The van der Waals surface area contributed by atoms with Gasteiger partial charge in [0.1, 0.15) is 0 Å². The third-order valence-electron chi connectivity index (χ3n) is 3.91. The van der Waals surface area contributed by atoms with Crippen LogP contribution in [0.5, 0.6) is 0 Å². The molecule has 1 aliphatic carbocycles. The number of rotatable bonds is 5. The first-order chi connectivity index (χ1) is 7.63. The third-order valence-corrected chi connectivity index (χ3v) is 3.91. The maximum atomic E-state index is 9.47. The highest BCUT2D eigenvalue weighted by molar-refractivity contribution is 4.87. The molecular weight excluding hydrogens is 206 g/mol. The van der Waals surface area contributed by atoms with Gasteiger partial charge in [-0.2, -0.15) is 0 Å². The Hall–Kier alpha value is -0.160. The van der Waals surface area contributed by atoms with Gasteiger partial charge in [0.2, 0.25) is 0 Å². The number of nitrogens with zero attached hydrogens (tertiary/aromatic N) is 1. The van der Waals surface area contributed by atoms with Crippen LogP contribution in [0.1, 0.15) is 19.3 Å². The standard InChI is InChI=1S/C12H23NO3/c1-13(6-10-4-11(15)5-10)7-12(8-14)2-3-16-9-12/h10-11,14-15H,2-9H2,1H3. The molecule has 2 fully saturated rings. The maximum absolute atomic E-state index is 9.47. The molecule has 2 aliphatic rings. The molecule has 0 aromatic rings. The molecule has 1 unspecified atom stereocenters. The molecule has 0 amide bonds. The predicted molar refractivity (Wildman–Crippen MR) is 61.2 cm³/mol. The van der Waals surface area contributed by atoms with E-state index in [1.54, 1.807) is 0 Å². The molecule has 4 nitrogen and oxygen atoms in total. The zero-order valence-electron chi connectivity index (χ0n) is 10.1. The second kappa shape index (κ2) is 5.00. The minimum atomic E-state index is -0.0694. The Morgan fingerprint density at radius 3 is 2.69 bits per heavy atom. The van der Waals surface area contributed by atoms with Crippen molar-refractivity contribution in [2.24, 2.45) is 11.3 Å². The summed E-state index contributed by atoms with van der Waals surface area (Å²) in [6.07, 6.45) is 2.76. The second-order valence-corrected chi connectivity index (χ2v) is 5.65.